The number of aliphatic carboxylic acids is 1. The fraction of sp³-hybridized carbons (Fsp3) is 0.778. The number of carboxylic acids is 1. The fourth-order valence-corrected chi connectivity index (χ4v) is 1.53. The minimum atomic E-state index is -1.10. The highest BCUT2D eigenvalue weighted by Gasteiger charge is 2.31. The Morgan fingerprint density at radius 1 is 1.53 bits per heavy atom. The number of alkyl carbamates (subject to hydrolysis) is 1. The van der Waals surface area contributed by atoms with E-state index in [0.717, 1.165) is 12.8 Å². The van der Waals surface area contributed by atoms with Gasteiger partial charge in [-0.2, -0.15) is 0 Å². The van der Waals surface area contributed by atoms with Gasteiger partial charge < -0.3 is 19.9 Å². The quantitative estimate of drug-likeness (QED) is 0.713. The topological polar surface area (TPSA) is 84.9 Å². The molecule has 0 aromatic rings. The van der Waals surface area contributed by atoms with Crippen LogP contribution in [0.2, 0.25) is 0 Å². The number of amides is 1. The van der Waals surface area contributed by atoms with Gasteiger partial charge >= 0.3 is 12.1 Å². The monoisotopic (exact) mass is 217 g/mol. The zero-order chi connectivity index (χ0) is 11.3. The lowest BCUT2D eigenvalue weighted by molar-refractivity contribution is -0.144. The normalized spacial score (nSPS) is 22.9. The van der Waals surface area contributed by atoms with Gasteiger partial charge in [0.15, 0.2) is 6.04 Å². The third-order valence-electron chi connectivity index (χ3n) is 2.31. The molecule has 6 heteroatoms. The third kappa shape index (κ3) is 3.39. The van der Waals surface area contributed by atoms with Crippen molar-refractivity contribution in [2.45, 2.75) is 31.4 Å². The van der Waals surface area contributed by atoms with E-state index >= 15 is 0 Å². The van der Waals surface area contributed by atoms with Crippen molar-refractivity contribution in [2.75, 3.05) is 13.7 Å². The molecule has 0 aliphatic carbocycles. The molecule has 6 nitrogen and oxygen atoms in total. The first-order valence-corrected chi connectivity index (χ1v) is 4.84. The second kappa shape index (κ2) is 5.55. The smallest absolute Gasteiger partial charge is 0.407 e. The first-order chi connectivity index (χ1) is 7.15. The summed E-state index contributed by atoms with van der Waals surface area (Å²) in [6, 6.07) is -1.03. The van der Waals surface area contributed by atoms with Crippen LogP contribution in [0.25, 0.3) is 0 Å². The Kier molecular flexibility index (Phi) is 4.36. The van der Waals surface area contributed by atoms with Crippen molar-refractivity contribution in [3.8, 4) is 0 Å². The van der Waals surface area contributed by atoms with Crippen molar-refractivity contribution in [1.29, 1.82) is 0 Å². The largest absolute Gasteiger partial charge is 0.480 e. The van der Waals surface area contributed by atoms with Gasteiger partial charge in [0, 0.05) is 6.61 Å². The van der Waals surface area contributed by atoms with Crippen LogP contribution in [0.5, 0.6) is 0 Å². The molecule has 0 radical (unpaired) electrons. The second-order valence-corrected chi connectivity index (χ2v) is 3.36. The number of ether oxygens (including phenoxy) is 2. The zero-order valence-corrected chi connectivity index (χ0v) is 8.56. The molecular weight excluding hydrogens is 202 g/mol. The molecule has 2 N–H and O–H groups in total. The summed E-state index contributed by atoms with van der Waals surface area (Å²) in [7, 11) is 1.19. The third-order valence-corrected chi connectivity index (χ3v) is 2.31. The predicted molar refractivity (Wildman–Crippen MR) is 50.6 cm³/mol. The molecule has 0 spiro atoms. The molecule has 2 unspecified atom stereocenters. The Bertz CT molecular complexity index is 237. The van der Waals surface area contributed by atoms with E-state index in [9.17, 15) is 9.59 Å². The number of hydrogen-bond acceptors (Lipinski definition) is 4. The number of rotatable bonds is 3. The summed E-state index contributed by atoms with van der Waals surface area (Å²) >= 11 is 0. The molecule has 2 atom stereocenters. The van der Waals surface area contributed by atoms with Gasteiger partial charge in [-0.15, -0.1) is 0 Å². The molecular formula is C9H15NO5. The molecule has 1 amide bonds. The summed E-state index contributed by atoms with van der Waals surface area (Å²) in [5, 5.41) is 11.2. The van der Waals surface area contributed by atoms with Gasteiger partial charge in [-0.3, -0.25) is 0 Å². The van der Waals surface area contributed by atoms with Gasteiger partial charge in [-0.1, -0.05) is 0 Å². The van der Waals surface area contributed by atoms with Crippen LogP contribution in [0.4, 0.5) is 4.79 Å². The van der Waals surface area contributed by atoms with Gasteiger partial charge in [0.2, 0.25) is 0 Å². The second-order valence-electron chi connectivity index (χ2n) is 3.36. The van der Waals surface area contributed by atoms with Gasteiger partial charge in [-0.25, -0.2) is 9.59 Å². The van der Waals surface area contributed by atoms with Crippen LogP contribution < -0.4 is 5.32 Å². The minimum Gasteiger partial charge on any atom is -0.480 e. The van der Waals surface area contributed by atoms with Crippen molar-refractivity contribution in [3.63, 3.8) is 0 Å². The Balaban J connectivity index is 2.55. The van der Waals surface area contributed by atoms with E-state index in [0.29, 0.717) is 13.0 Å². The molecule has 0 saturated carbocycles. The van der Waals surface area contributed by atoms with E-state index in [1.807, 2.05) is 0 Å². The molecule has 1 fully saturated rings. The molecule has 1 aliphatic heterocycles. The molecule has 86 valence electrons. The SMILES string of the molecule is COC(=O)NC(C(=O)O)C1CCCCO1. The van der Waals surface area contributed by atoms with Crippen LogP contribution in [0.1, 0.15) is 19.3 Å². The summed E-state index contributed by atoms with van der Waals surface area (Å²) in [5.41, 5.74) is 0. The maximum atomic E-state index is 10.9. The Morgan fingerprint density at radius 3 is 2.73 bits per heavy atom. The lowest BCUT2D eigenvalue weighted by atomic mass is 10.0. The van der Waals surface area contributed by atoms with Gasteiger partial charge in [0.1, 0.15) is 0 Å². The number of carbonyl (C=O) groups excluding carboxylic acids is 1. The van der Waals surface area contributed by atoms with Crippen LogP contribution in [0.15, 0.2) is 0 Å². The van der Waals surface area contributed by atoms with Crippen LogP contribution >= 0.6 is 0 Å². The highest BCUT2D eigenvalue weighted by molar-refractivity contribution is 5.80. The van der Waals surface area contributed by atoms with E-state index in [1.165, 1.54) is 7.11 Å². The summed E-state index contributed by atoms with van der Waals surface area (Å²) in [6.45, 7) is 0.539. The lowest BCUT2D eigenvalue weighted by Crippen LogP contribution is -2.50. The fourth-order valence-electron chi connectivity index (χ4n) is 1.53. The van der Waals surface area contributed by atoms with E-state index in [-0.39, 0.29) is 0 Å². The molecule has 1 heterocycles. The van der Waals surface area contributed by atoms with Crippen LogP contribution in [0, 0.1) is 0 Å². The van der Waals surface area contributed by atoms with E-state index < -0.39 is 24.2 Å². The molecule has 1 rings (SSSR count). The molecule has 15 heavy (non-hydrogen) atoms. The van der Waals surface area contributed by atoms with Crippen molar-refractivity contribution < 1.29 is 24.2 Å². The summed E-state index contributed by atoms with van der Waals surface area (Å²) in [4.78, 5) is 21.8. The molecule has 1 saturated heterocycles. The van der Waals surface area contributed by atoms with Crippen molar-refractivity contribution in [1.82, 2.24) is 5.32 Å². The maximum Gasteiger partial charge on any atom is 0.407 e. The van der Waals surface area contributed by atoms with E-state index in [2.05, 4.69) is 10.1 Å². The number of nitrogens with one attached hydrogen (secondary N) is 1. The minimum absolute atomic E-state index is 0.463. The molecule has 1 aliphatic rings. The molecule has 0 bridgehead atoms. The molecule has 0 aromatic heterocycles. The van der Waals surface area contributed by atoms with Crippen molar-refractivity contribution in [3.05, 3.63) is 0 Å². The number of methoxy groups -OCH3 is 1. The summed E-state index contributed by atoms with van der Waals surface area (Å²) in [6.07, 6.45) is 1.27. The van der Waals surface area contributed by atoms with Crippen molar-refractivity contribution >= 4 is 12.1 Å². The Hall–Kier alpha value is -1.30. The zero-order valence-electron chi connectivity index (χ0n) is 8.56. The van der Waals surface area contributed by atoms with Crippen molar-refractivity contribution in [2.24, 2.45) is 0 Å². The lowest BCUT2D eigenvalue weighted by Gasteiger charge is -2.27. The standard InChI is InChI=1S/C9H15NO5/c1-14-9(13)10-7(8(11)12)6-4-2-3-5-15-6/h6-7H,2-5H2,1H3,(H,10,13)(H,11,12). The summed E-state index contributed by atoms with van der Waals surface area (Å²) < 4.78 is 9.65. The number of carboxylic acid groups (broad SMARTS) is 1. The average Bonchev–Trinajstić information content (AvgIpc) is 2.26. The van der Waals surface area contributed by atoms with Crippen LogP contribution in [-0.4, -0.2) is 43.0 Å². The predicted octanol–water partition coefficient (Wildman–Crippen LogP) is 0.365. The number of carbonyl (C=O) groups is 2. The van der Waals surface area contributed by atoms with E-state index in [1.54, 1.807) is 0 Å². The van der Waals surface area contributed by atoms with Gasteiger partial charge in [-0.05, 0) is 19.3 Å². The van der Waals surface area contributed by atoms with Gasteiger partial charge in [0.05, 0.1) is 13.2 Å². The van der Waals surface area contributed by atoms with E-state index in [4.69, 9.17) is 9.84 Å². The Morgan fingerprint density at radius 2 is 2.27 bits per heavy atom. The first-order valence-electron chi connectivity index (χ1n) is 4.84. The highest BCUT2D eigenvalue weighted by atomic mass is 16.5. The number of hydrogen-bond donors (Lipinski definition) is 2. The maximum absolute atomic E-state index is 10.9. The highest BCUT2D eigenvalue weighted by Crippen LogP contribution is 2.16. The molecule has 0 aromatic carbocycles. The van der Waals surface area contributed by atoms with Crippen LogP contribution in [0.3, 0.4) is 0 Å². The first kappa shape index (κ1) is 11.8. The summed E-state index contributed by atoms with van der Waals surface area (Å²) in [5.74, 6) is -1.10. The Labute approximate surface area is 87.5 Å². The van der Waals surface area contributed by atoms with Gasteiger partial charge in [0.25, 0.3) is 0 Å². The van der Waals surface area contributed by atoms with Crippen LogP contribution in [-0.2, 0) is 14.3 Å². The average molecular weight is 217 g/mol.